The molecule has 4 aromatic rings. The molecule has 4 unspecified atom stereocenters. The molecule has 0 aromatic heterocycles. The van der Waals surface area contributed by atoms with Crippen LogP contribution in [0, 0.1) is 32.6 Å². The minimum absolute atomic E-state index is 0.365. The molecule has 0 bridgehead atoms. The van der Waals surface area contributed by atoms with Crippen LogP contribution in [0.1, 0.15) is 38.9 Å². The molecule has 1 fully saturated rings. The van der Waals surface area contributed by atoms with Crippen molar-refractivity contribution >= 4 is 5.69 Å². The van der Waals surface area contributed by atoms with Gasteiger partial charge in [0.15, 0.2) is 0 Å². The van der Waals surface area contributed by atoms with Crippen molar-refractivity contribution in [2.24, 2.45) is 11.8 Å². The number of rotatable bonds is 5. The second-order valence-corrected chi connectivity index (χ2v) is 12.0. The average molecular weight is 532 g/mol. The van der Waals surface area contributed by atoms with Gasteiger partial charge >= 0.3 is 0 Å². The third-order valence-electron chi connectivity index (χ3n) is 9.43. The molecule has 202 valence electrons. The van der Waals surface area contributed by atoms with Crippen molar-refractivity contribution in [1.82, 2.24) is 0 Å². The molecule has 0 N–H and O–H groups in total. The first kappa shape index (κ1) is 25.6. The van der Waals surface area contributed by atoms with Crippen LogP contribution in [0.5, 0.6) is 0 Å². The maximum Gasteiger partial charge on any atom is 0.0701 e. The molecule has 0 radical (unpaired) electrons. The fourth-order valence-corrected chi connectivity index (χ4v) is 7.33. The first-order valence-electron chi connectivity index (χ1n) is 14.9. The molecular weight excluding hydrogens is 494 g/mol. The van der Waals surface area contributed by atoms with Crippen molar-refractivity contribution in [2.75, 3.05) is 4.90 Å². The molecule has 2 aliphatic carbocycles. The molecule has 1 heterocycles. The van der Waals surface area contributed by atoms with Crippen molar-refractivity contribution in [2.45, 2.75) is 38.3 Å². The molecule has 1 heteroatoms. The normalized spacial score (nSPS) is 22.6. The van der Waals surface area contributed by atoms with Gasteiger partial charge in [0, 0.05) is 17.5 Å². The second kappa shape index (κ2) is 10.2. The highest BCUT2D eigenvalue weighted by molar-refractivity contribution is 5.64. The second-order valence-electron chi connectivity index (χ2n) is 12.0. The minimum atomic E-state index is -0.440. The molecule has 1 aliphatic heterocycles. The lowest BCUT2D eigenvalue weighted by Gasteiger charge is -2.38. The smallest absolute Gasteiger partial charge is 0.0701 e. The number of anilines is 1. The van der Waals surface area contributed by atoms with E-state index in [0.29, 0.717) is 23.9 Å². The Morgan fingerprint density at radius 1 is 0.415 bits per heavy atom. The first-order chi connectivity index (χ1) is 20.1. The molecule has 41 heavy (non-hydrogen) atoms. The Hall–Kier alpha value is -4.36. The zero-order chi connectivity index (χ0) is 28.0. The maximum absolute atomic E-state index is 2.63. The fourth-order valence-electron chi connectivity index (χ4n) is 7.33. The lowest BCUT2D eigenvalue weighted by Crippen LogP contribution is -2.37. The van der Waals surface area contributed by atoms with Gasteiger partial charge in [-0.05, 0) is 55.2 Å². The third kappa shape index (κ3) is 4.23. The van der Waals surface area contributed by atoms with Gasteiger partial charge in [0.05, 0.1) is 17.5 Å². The maximum atomic E-state index is 2.63. The zero-order valence-electron chi connectivity index (χ0n) is 24.1. The van der Waals surface area contributed by atoms with Crippen LogP contribution in [0.25, 0.3) is 0 Å². The SMILES string of the molecule is Cc1ccc(C(c2ccc(C)cc2)(c2ccc(C)cc2)c2ccc(N3C4C=CC=CC4C4C=CC=CC43)cc2)cc1. The van der Waals surface area contributed by atoms with Crippen molar-refractivity contribution in [3.05, 3.63) is 185 Å². The first-order valence-corrected chi connectivity index (χ1v) is 14.9. The Bertz CT molecular complexity index is 1500. The molecule has 3 aliphatic rings. The summed E-state index contributed by atoms with van der Waals surface area (Å²) in [6.45, 7) is 6.50. The van der Waals surface area contributed by atoms with E-state index in [1.54, 1.807) is 0 Å². The van der Waals surface area contributed by atoms with E-state index >= 15 is 0 Å². The van der Waals surface area contributed by atoms with Crippen LogP contribution in [0.15, 0.2) is 146 Å². The molecule has 0 spiro atoms. The Morgan fingerprint density at radius 3 is 1.10 bits per heavy atom. The lowest BCUT2D eigenvalue weighted by molar-refractivity contribution is 0.527. The Balaban J connectivity index is 1.41. The highest BCUT2D eigenvalue weighted by Crippen LogP contribution is 2.48. The summed E-state index contributed by atoms with van der Waals surface area (Å²) in [5.74, 6) is 0.996. The van der Waals surface area contributed by atoms with Gasteiger partial charge in [0.25, 0.3) is 0 Å². The minimum Gasteiger partial charge on any atom is -0.357 e. The van der Waals surface area contributed by atoms with Gasteiger partial charge in [-0.15, -0.1) is 0 Å². The van der Waals surface area contributed by atoms with Gasteiger partial charge in [0.1, 0.15) is 0 Å². The van der Waals surface area contributed by atoms with Crippen molar-refractivity contribution in [3.8, 4) is 0 Å². The van der Waals surface area contributed by atoms with Crippen molar-refractivity contribution < 1.29 is 0 Å². The number of benzene rings is 4. The number of fused-ring (bicyclic) bond motifs is 3. The van der Waals surface area contributed by atoms with Crippen molar-refractivity contribution in [1.29, 1.82) is 0 Å². The summed E-state index contributed by atoms with van der Waals surface area (Å²) < 4.78 is 0. The molecule has 1 nitrogen and oxygen atoms in total. The van der Waals surface area contributed by atoms with E-state index in [1.165, 1.54) is 44.6 Å². The van der Waals surface area contributed by atoms with Crippen LogP contribution < -0.4 is 4.90 Å². The Kier molecular flexibility index (Phi) is 6.39. The van der Waals surface area contributed by atoms with Gasteiger partial charge in [0.2, 0.25) is 0 Å². The van der Waals surface area contributed by atoms with E-state index in [-0.39, 0.29) is 0 Å². The van der Waals surface area contributed by atoms with Crippen LogP contribution in [0.4, 0.5) is 5.69 Å². The molecular formula is C40H37N. The van der Waals surface area contributed by atoms with E-state index in [4.69, 9.17) is 0 Å². The zero-order valence-corrected chi connectivity index (χ0v) is 24.1. The van der Waals surface area contributed by atoms with Crippen LogP contribution in [0.2, 0.25) is 0 Å². The standard InChI is InChI=1S/C40H37N/c1-28-12-18-31(19-13-28)40(32-20-14-29(2)15-21-32,33-22-16-30(3)17-23-33)34-24-26-35(27-25-34)41-38-10-6-4-8-36(38)37-9-5-7-11-39(37)41/h4-27,36-39H,1-3H3. The summed E-state index contributed by atoms with van der Waals surface area (Å²) in [4.78, 5) is 2.63. The summed E-state index contributed by atoms with van der Waals surface area (Å²) in [6, 6.07) is 37.6. The third-order valence-corrected chi connectivity index (χ3v) is 9.43. The molecule has 4 aromatic carbocycles. The predicted molar refractivity (Wildman–Crippen MR) is 173 cm³/mol. The summed E-state index contributed by atoms with van der Waals surface area (Å²) in [6.07, 6.45) is 18.4. The number of allylic oxidation sites excluding steroid dienone is 4. The van der Waals surface area contributed by atoms with Gasteiger partial charge in [-0.3, -0.25) is 0 Å². The number of aryl methyl sites for hydroxylation is 3. The van der Waals surface area contributed by atoms with Gasteiger partial charge in [-0.1, -0.05) is 150 Å². The van der Waals surface area contributed by atoms with E-state index in [2.05, 4.69) is 171 Å². The topological polar surface area (TPSA) is 3.24 Å². The molecule has 7 rings (SSSR count). The van der Waals surface area contributed by atoms with E-state index in [0.717, 1.165) is 0 Å². The highest BCUT2D eigenvalue weighted by Gasteiger charge is 2.46. The fraction of sp³-hybridized carbons (Fsp3) is 0.200. The Morgan fingerprint density at radius 2 is 0.732 bits per heavy atom. The van der Waals surface area contributed by atoms with E-state index in [9.17, 15) is 0 Å². The average Bonchev–Trinajstić information content (AvgIpc) is 3.35. The van der Waals surface area contributed by atoms with E-state index < -0.39 is 5.41 Å². The number of hydrogen-bond donors (Lipinski definition) is 0. The van der Waals surface area contributed by atoms with Gasteiger partial charge < -0.3 is 4.90 Å². The van der Waals surface area contributed by atoms with Crippen LogP contribution in [-0.4, -0.2) is 12.1 Å². The van der Waals surface area contributed by atoms with Crippen LogP contribution >= 0.6 is 0 Å². The molecule has 1 saturated heterocycles. The highest BCUT2D eigenvalue weighted by atomic mass is 15.2. The summed E-state index contributed by atoms with van der Waals surface area (Å²) >= 11 is 0. The summed E-state index contributed by atoms with van der Waals surface area (Å²) in [7, 11) is 0. The molecule has 0 amide bonds. The quantitative estimate of drug-likeness (QED) is 0.232. The lowest BCUT2D eigenvalue weighted by atomic mass is 9.65. The predicted octanol–water partition coefficient (Wildman–Crippen LogP) is 9.04. The van der Waals surface area contributed by atoms with Gasteiger partial charge in [-0.2, -0.15) is 0 Å². The van der Waals surface area contributed by atoms with Crippen LogP contribution in [0.3, 0.4) is 0 Å². The van der Waals surface area contributed by atoms with E-state index in [1.807, 2.05) is 0 Å². The summed E-state index contributed by atoms with van der Waals surface area (Å²) in [5.41, 5.74) is 9.78. The molecule has 4 atom stereocenters. The summed E-state index contributed by atoms with van der Waals surface area (Å²) in [5, 5.41) is 0. The Labute approximate surface area is 244 Å². The molecule has 0 saturated carbocycles. The monoisotopic (exact) mass is 531 g/mol. The van der Waals surface area contributed by atoms with Crippen LogP contribution in [-0.2, 0) is 5.41 Å². The van der Waals surface area contributed by atoms with Crippen molar-refractivity contribution in [3.63, 3.8) is 0 Å². The largest absolute Gasteiger partial charge is 0.357 e. The van der Waals surface area contributed by atoms with Gasteiger partial charge in [-0.25, -0.2) is 0 Å². The number of hydrogen-bond acceptors (Lipinski definition) is 1. The number of nitrogens with zero attached hydrogens (tertiary/aromatic N) is 1.